The zero-order chi connectivity index (χ0) is 17.9. The van der Waals surface area contributed by atoms with Crippen molar-refractivity contribution in [3.63, 3.8) is 0 Å². The minimum atomic E-state index is -0.422. The van der Waals surface area contributed by atoms with Crippen LogP contribution < -0.4 is 11.1 Å². The first kappa shape index (κ1) is 18.0. The second kappa shape index (κ2) is 7.60. The molecule has 0 bridgehead atoms. The van der Waals surface area contributed by atoms with E-state index in [-0.39, 0.29) is 22.1 Å². The van der Waals surface area contributed by atoms with Crippen LogP contribution in [0.25, 0.3) is 0 Å². The summed E-state index contributed by atoms with van der Waals surface area (Å²) in [6, 6.07) is 19.3. The van der Waals surface area contributed by atoms with Crippen LogP contribution in [0.15, 0.2) is 60.7 Å². The van der Waals surface area contributed by atoms with Crippen LogP contribution in [0.3, 0.4) is 0 Å². The highest BCUT2D eigenvalue weighted by Gasteiger charge is 2.46. The number of ether oxygens (including phenoxy) is 1. The van der Waals surface area contributed by atoms with Gasteiger partial charge in [0.15, 0.2) is 6.10 Å². The fraction of sp³-hybridized carbons (Fsp3) is 0.350. The van der Waals surface area contributed by atoms with E-state index < -0.39 is 6.10 Å². The van der Waals surface area contributed by atoms with Crippen molar-refractivity contribution in [3.05, 3.63) is 71.8 Å². The molecule has 5 heteroatoms. The number of carbonyl (C=O) groups is 1. The maximum Gasteiger partial charge on any atom is 0.325 e. The summed E-state index contributed by atoms with van der Waals surface area (Å²) in [6.07, 6.45) is -0.422. The standard InChI is InChI=1S/C20H24N2O2S/c1-20(2)18(22-16(13-21)25-20)19(23)24-17(14-9-5-3-6-10-14)15-11-7-4-8-12-15/h3-12,16-18,22H,13,21H2,1-2H3/t16-,18-/m0/s1. The molecule has 1 fully saturated rings. The molecule has 1 aliphatic rings. The predicted octanol–water partition coefficient (Wildman–Crippen LogP) is 3.09. The van der Waals surface area contributed by atoms with E-state index in [1.54, 1.807) is 11.8 Å². The predicted molar refractivity (Wildman–Crippen MR) is 102 cm³/mol. The highest BCUT2D eigenvalue weighted by molar-refractivity contribution is 8.01. The number of benzene rings is 2. The third-order valence-electron chi connectivity index (χ3n) is 4.38. The molecule has 3 N–H and O–H groups in total. The van der Waals surface area contributed by atoms with Gasteiger partial charge in [-0.1, -0.05) is 60.7 Å². The van der Waals surface area contributed by atoms with Crippen LogP contribution in [0.5, 0.6) is 0 Å². The second-order valence-electron chi connectivity index (χ2n) is 6.68. The zero-order valence-corrected chi connectivity index (χ0v) is 15.3. The van der Waals surface area contributed by atoms with Gasteiger partial charge in [-0.15, -0.1) is 11.8 Å². The molecule has 0 saturated carbocycles. The molecule has 0 unspecified atom stereocenters. The van der Waals surface area contributed by atoms with E-state index >= 15 is 0 Å². The van der Waals surface area contributed by atoms with Gasteiger partial charge in [-0.25, -0.2) is 0 Å². The molecule has 132 valence electrons. The van der Waals surface area contributed by atoms with Gasteiger partial charge in [0.2, 0.25) is 0 Å². The second-order valence-corrected chi connectivity index (χ2v) is 8.54. The molecule has 25 heavy (non-hydrogen) atoms. The molecular formula is C20H24N2O2S. The lowest BCUT2D eigenvalue weighted by atomic mass is 10.00. The Labute approximate surface area is 153 Å². The third-order valence-corrected chi connectivity index (χ3v) is 5.84. The summed E-state index contributed by atoms with van der Waals surface area (Å²) in [5, 5.41) is 3.37. The van der Waals surface area contributed by atoms with E-state index in [4.69, 9.17) is 10.5 Å². The number of hydrogen-bond donors (Lipinski definition) is 2. The Hall–Kier alpha value is -1.82. The molecular weight excluding hydrogens is 332 g/mol. The van der Waals surface area contributed by atoms with Gasteiger partial charge in [-0.05, 0) is 25.0 Å². The Bertz CT molecular complexity index is 667. The van der Waals surface area contributed by atoms with Crippen molar-refractivity contribution in [2.24, 2.45) is 5.73 Å². The highest BCUT2D eigenvalue weighted by atomic mass is 32.2. The van der Waals surface area contributed by atoms with Crippen LogP contribution in [0.4, 0.5) is 0 Å². The van der Waals surface area contributed by atoms with E-state index in [9.17, 15) is 4.79 Å². The van der Waals surface area contributed by atoms with Crippen LogP contribution in [-0.4, -0.2) is 28.7 Å². The van der Waals surface area contributed by atoms with Crippen LogP contribution in [0.1, 0.15) is 31.1 Å². The molecule has 3 rings (SSSR count). The van der Waals surface area contributed by atoms with Crippen molar-refractivity contribution >= 4 is 17.7 Å². The Morgan fingerprint density at radius 3 is 2.08 bits per heavy atom. The summed E-state index contributed by atoms with van der Waals surface area (Å²) < 4.78 is 5.71. The van der Waals surface area contributed by atoms with E-state index in [1.165, 1.54) is 0 Å². The summed E-state index contributed by atoms with van der Waals surface area (Å²) in [7, 11) is 0. The third kappa shape index (κ3) is 4.06. The first-order chi connectivity index (χ1) is 12.0. The quantitative estimate of drug-likeness (QED) is 0.806. The van der Waals surface area contributed by atoms with Crippen LogP contribution in [0, 0.1) is 0 Å². The first-order valence-electron chi connectivity index (χ1n) is 8.45. The molecule has 4 nitrogen and oxygen atoms in total. The van der Waals surface area contributed by atoms with Crippen molar-refractivity contribution in [1.82, 2.24) is 5.32 Å². The Morgan fingerprint density at radius 2 is 1.64 bits per heavy atom. The van der Waals surface area contributed by atoms with Gasteiger partial charge in [0, 0.05) is 11.3 Å². The number of carbonyl (C=O) groups excluding carboxylic acids is 1. The Morgan fingerprint density at radius 1 is 1.12 bits per heavy atom. The fourth-order valence-corrected chi connectivity index (χ4v) is 4.43. The first-order valence-corrected chi connectivity index (χ1v) is 9.33. The Kier molecular flexibility index (Phi) is 5.47. The molecule has 1 aliphatic heterocycles. The van der Waals surface area contributed by atoms with E-state index in [2.05, 4.69) is 5.32 Å². The van der Waals surface area contributed by atoms with E-state index in [0.717, 1.165) is 11.1 Å². The molecule has 2 aromatic rings. The average molecular weight is 356 g/mol. The van der Waals surface area contributed by atoms with Gasteiger partial charge in [-0.2, -0.15) is 0 Å². The molecule has 0 amide bonds. The maximum atomic E-state index is 12.9. The van der Waals surface area contributed by atoms with E-state index in [0.29, 0.717) is 6.54 Å². The highest BCUT2D eigenvalue weighted by Crippen LogP contribution is 2.39. The van der Waals surface area contributed by atoms with Crippen molar-refractivity contribution in [2.75, 3.05) is 6.54 Å². The van der Waals surface area contributed by atoms with Crippen LogP contribution in [-0.2, 0) is 9.53 Å². The molecule has 2 aromatic carbocycles. The van der Waals surface area contributed by atoms with Gasteiger partial charge in [0.25, 0.3) is 0 Å². The zero-order valence-electron chi connectivity index (χ0n) is 14.5. The van der Waals surface area contributed by atoms with Crippen molar-refractivity contribution in [3.8, 4) is 0 Å². The lowest BCUT2D eigenvalue weighted by Crippen LogP contribution is -2.47. The van der Waals surface area contributed by atoms with Gasteiger partial charge in [0.05, 0.1) is 5.37 Å². The SMILES string of the molecule is CC1(C)S[C@@H](CN)N[C@H]1C(=O)OC(c1ccccc1)c1ccccc1. The minimum Gasteiger partial charge on any atom is -0.451 e. The number of thioether (sulfide) groups is 1. The number of rotatable bonds is 5. The van der Waals surface area contributed by atoms with Gasteiger partial charge in [0.1, 0.15) is 6.04 Å². The number of nitrogens with two attached hydrogens (primary N) is 1. The Balaban J connectivity index is 1.85. The van der Waals surface area contributed by atoms with Gasteiger partial charge < -0.3 is 10.5 Å². The van der Waals surface area contributed by atoms with Gasteiger partial charge in [-0.3, -0.25) is 10.1 Å². The monoisotopic (exact) mass is 356 g/mol. The average Bonchev–Trinajstić information content (AvgIpc) is 2.95. The van der Waals surface area contributed by atoms with Crippen molar-refractivity contribution in [2.45, 2.75) is 36.1 Å². The number of esters is 1. The number of nitrogens with one attached hydrogen (secondary N) is 1. The van der Waals surface area contributed by atoms with Crippen molar-refractivity contribution in [1.29, 1.82) is 0 Å². The summed E-state index contributed by atoms with van der Waals surface area (Å²) in [5.74, 6) is -0.244. The summed E-state index contributed by atoms with van der Waals surface area (Å²) in [5.41, 5.74) is 7.68. The van der Waals surface area contributed by atoms with Crippen LogP contribution in [0.2, 0.25) is 0 Å². The molecule has 1 saturated heterocycles. The molecule has 0 aromatic heterocycles. The summed E-state index contributed by atoms with van der Waals surface area (Å²) >= 11 is 1.69. The minimum absolute atomic E-state index is 0.0689. The normalized spacial score (nSPS) is 22.1. The molecule has 0 radical (unpaired) electrons. The number of hydrogen-bond acceptors (Lipinski definition) is 5. The molecule has 2 atom stereocenters. The lowest BCUT2D eigenvalue weighted by molar-refractivity contribution is -0.150. The van der Waals surface area contributed by atoms with E-state index in [1.807, 2.05) is 74.5 Å². The summed E-state index contributed by atoms with van der Waals surface area (Å²) in [6.45, 7) is 4.58. The fourth-order valence-electron chi connectivity index (χ4n) is 3.09. The van der Waals surface area contributed by atoms with Gasteiger partial charge >= 0.3 is 5.97 Å². The topological polar surface area (TPSA) is 64.3 Å². The lowest BCUT2D eigenvalue weighted by Gasteiger charge is -2.26. The smallest absolute Gasteiger partial charge is 0.325 e. The summed E-state index contributed by atoms with van der Waals surface area (Å²) in [4.78, 5) is 12.9. The van der Waals surface area contributed by atoms with Crippen molar-refractivity contribution < 1.29 is 9.53 Å². The molecule has 0 spiro atoms. The molecule has 1 heterocycles. The maximum absolute atomic E-state index is 12.9. The van der Waals surface area contributed by atoms with Crippen LogP contribution >= 0.6 is 11.8 Å². The largest absolute Gasteiger partial charge is 0.451 e. The molecule has 0 aliphatic carbocycles.